The molecule has 0 unspecified atom stereocenters. The summed E-state index contributed by atoms with van der Waals surface area (Å²) in [5, 5.41) is 2.53. The van der Waals surface area contributed by atoms with E-state index in [1.54, 1.807) is 20.8 Å². The highest BCUT2D eigenvalue weighted by Gasteiger charge is 2.23. The molecule has 0 aliphatic heterocycles. The summed E-state index contributed by atoms with van der Waals surface area (Å²) in [5.74, 6) is -0.740. The molecule has 0 heterocycles. The van der Waals surface area contributed by atoms with Crippen molar-refractivity contribution in [2.75, 3.05) is 0 Å². The molecule has 94 valence electrons. The molecule has 0 spiro atoms. The molecule has 0 aromatic rings. The molecule has 2 atom stereocenters. The minimum Gasteiger partial charge on any atom is -0.461 e. The van der Waals surface area contributed by atoms with Gasteiger partial charge < -0.3 is 15.8 Å². The number of carbonyl (C=O) groups is 2. The number of nitrogens with one attached hydrogen (secondary N) is 1. The minimum absolute atomic E-state index is 0.0355. The van der Waals surface area contributed by atoms with Crippen molar-refractivity contribution in [1.82, 2.24) is 5.32 Å². The zero-order valence-corrected chi connectivity index (χ0v) is 10.6. The van der Waals surface area contributed by atoms with E-state index in [0.717, 1.165) is 0 Å². The fraction of sp³-hybridized carbons (Fsp3) is 0.818. The molecule has 3 N–H and O–H groups in total. The molecular weight excluding hydrogens is 208 g/mol. The fourth-order valence-corrected chi connectivity index (χ4v) is 1.01. The predicted octanol–water partition coefficient (Wildman–Crippen LogP) is 0.426. The number of hydrogen-bond donors (Lipinski definition) is 2. The average molecular weight is 230 g/mol. The van der Waals surface area contributed by atoms with Gasteiger partial charge in [-0.3, -0.25) is 4.79 Å². The van der Waals surface area contributed by atoms with Gasteiger partial charge in [0.05, 0.1) is 12.1 Å². The van der Waals surface area contributed by atoms with Gasteiger partial charge in [0, 0.05) is 0 Å². The molecule has 0 aliphatic carbocycles. The van der Waals surface area contributed by atoms with Crippen LogP contribution in [-0.2, 0) is 14.3 Å². The molecule has 0 bridgehead atoms. The van der Waals surface area contributed by atoms with Gasteiger partial charge in [-0.1, -0.05) is 13.8 Å². The third-order valence-corrected chi connectivity index (χ3v) is 2.09. The number of esters is 1. The lowest BCUT2D eigenvalue weighted by Crippen LogP contribution is -2.49. The van der Waals surface area contributed by atoms with Crippen LogP contribution in [0.3, 0.4) is 0 Å². The third-order valence-electron chi connectivity index (χ3n) is 2.09. The largest absolute Gasteiger partial charge is 0.461 e. The van der Waals surface area contributed by atoms with Crippen molar-refractivity contribution < 1.29 is 14.3 Å². The third kappa shape index (κ3) is 5.11. The maximum atomic E-state index is 11.5. The first-order valence-electron chi connectivity index (χ1n) is 5.52. The van der Waals surface area contributed by atoms with Gasteiger partial charge in [-0.05, 0) is 26.7 Å². The fourth-order valence-electron chi connectivity index (χ4n) is 1.01. The zero-order chi connectivity index (χ0) is 12.9. The normalized spacial score (nSPS) is 14.8. The highest BCUT2D eigenvalue weighted by Crippen LogP contribution is 2.00. The van der Waals surface area contributed by atoms with E-state index in [1.807, 2.05) is 13.8 Å². The summed E-state index contributed by atoms with van der Waals surface area (Å²) < 4.78 is 4.96. The van der Waals surface area contributed by atoms with Crippen molar-refractivity contribution in [1.29, 1.82) is 0 Å². The number of nitrogens with two attached hydrogens (primary N) is 1. The maximum absolute atomic E-state index is 11.5. The Balaban J connectivity index is 4.18. The van der Waals surface area contributed by atoms with E-state index < -0.39 is 18.1 Å². The van der Waals surface area contributed by atoms with Crippen molar-refractivity contribution in [3.05, 3.63) is 0 Å². The number of ether oxygens (including phenoxy) is 1. The molecule has 16 heavy (non-hydrogen) atoms. The van der Waals surface area contributed by atoms with Crippen LogP contribution in [0, 0.1) is 5.92 Å². The van der Waals surface area contributed by atoms with Gasteiger partial charge in [-0.15, -0.1) is 0 Å². The second-order valence-corrected chi connectivity index (χ2v) is 4.49. The summed E-state index contributed by atoms with van der Waals surface area (Å²) in [6.45, 7) is 8.79. The predicted molar refractivity (Wildman–Crippen MR) is 61.6 cm³/mol. The molecule has 5 nitrogen and oxygen atoms in total. The Morgan fingerprint density at radius 2 is 1.62 bits per heavy atom. The first-order chi connectivity index (χ1) is 7.25. The molecule has 5 heteroatoms. The number of rotatable bonds is 5. The molecule has 0 saturated heterocycles. The van der Waals surface area contributed by atoms with E-state index >= 15 is 0 Å². The van der Waals surface area contributed by atoms with Crippen LogP contribution >= 0.6 is 0 Å². The Hall–Kier alpha value is -1.10. The zero-order valence-electron chi connectivity index (χ0n) is 10.6. The standard InChI is InChI=1S/C11H22N2O3/c1-6(2)9(12)10(14)13-8(5)11(15)16-7(3)4/h6-9H,12H2,1-5H3,(H,13,14)/t8-,9-/m0/s1. The summed E-state index contributed by atoms with van der Waals surface area (Å²) in [4.78, 5) is 22.9. The average Bonchev–Trinajstić information content (AvgIpc) is 2.14. The number of hydrogen-bond acceptors (Lipinski definition) is 4. The van der Waals surface area contributed by atoms with Gasteiger partial charge in [0.1, 0.15) is 6.04 Å². The molecule has 0 aromatic heterocycles. The van der Waals surface area contributed by atoms with Gasteiger partial charge in [0.15, 0.2) is 0 Å². The Morgan fingerprint density at radius 1 is 1.12 bits per heavy atom. The van der Waals surface area contributed by atoms with E-state index in [2.05, 4.69) is 5.32 Å². The maximum Gasteiger partial charge on any atom is 0.328 e. The van der Waals surface area contributed by atoms with E-state index in [-0.39, 0.29) is 17.9 Å². The van der Waals surface area contributed by atoms with Crippen LogP contribution in [-0.4, -0.2) is 30.1 Å². The summed E-state index contributed by atoms with van der Waals surface area (Å²) in [5.41, 5.74) is 5.65. The van der Waals surface area contributed by atoms with Crippen molar-refractivity contribution in [3.63, 3.8) is 0 Å². The molecule has 1 amide bonds. The van der Waals surface area contributed by atoms with Crippen LogP contribution in [0.25, 0.3) is 0 Å². The Kier molecular flexibility index (Phi) is 6.03. The molecule has 0 aromatic carbocycles. The molecule has 0 saturated carbocycles. The van der Waals surface area contributed by atoms with Crippen molar-refractivity contribution in [3.8, 4) is 0 Å². The highest BCUT2D eigenvalue weighted by molar-refractivity contribution is 5.87. The van der Waals surface area contributed by atoms with E-state index in [1.165, 1.54) is 0 Å². The van der Waals surface area contributed by atoms with Gasteiger partial charge >= 0.3 is 5.97 Å². The Bertz CT molecular complexity index is 252. The lowest BCUT2D eigenvalue weighted by Gasteiger charge is -2.19. The van der Waals surface area contributed by atoms with Gasteiger partial charge in [0.2, 0.25) is 5.91 Å². The Labute approximate surface area is 96.7 Å². The lowest BCUT2D eigenvalue weighted by molar-refractivity contribution is -0.151. The Morgan fingerprint density at radius 3 is 2.00 bits per heavy atom. The van der Waals surface area contributed by atoms with Gasteiger partial charge in [-0.25, -0.2) is 4.79 Å². The monoisotopic (exact) mass is 230 g/mol. The van der Waals surface area contributed by atoms with Gasteiger partial charge in [0.25, 0.3) is 0 Å². The number of carbonyl (C=O) groups excluding carboxylic acids is 2. The second kappa shape index (κ2) is 6.48. The van der Waals surface area contributed by atoms with E-state index in [4.69, 9.17) is 10.5 Å². The van der Waals surface area contributed by atoms with Crippen LogP contribution in [0.15, 0.2) is 0 Å². The minimum atomic E-state index is -0.667. The topological polar surface area (TPSA) is 81.4 Å². The summed E-state index contributed by atoms with van der Waals surface area (Å²) in [7, 11) is 0. The summed E-state index contributed by atoms with van der Waals surface area (Å²) >= 11 is 0. The van der Waals surface area contributed by atoms with Crippen molar-refractivity contribution >= 4 is 11.9 Å². The second-order valence-electron chi connectivity index (χ2n) is 4.49. The van der Waals surface area contributed by atoms with E-state index in [0.29, 0.717) is 0 Å². The van der Waals surface area contributed by atoms with Crippen LogP contribution in [0.2, 0.25) is 0 Å². The van der Waals surface area contributed by atoms with Crippen LogP contribution in [0.1, 0.15) is 34.6 Å². The van der Waals surface area contributed by atoms with Crippen molar-refractivity contribution in [2.45, 2.75) is 52.8 Å². The quantitative estimate of drug-likeness (QED) is 0.671. The van der Waals surface area contributed by atoms with Crippen LogP contribution in [0.4, 0.5) is 0 Å². The lowest BCUT2D eigenvalue weighted by atomic mass is 10.0. The van der Waals surface area contributed by atoms with Crippen LogP contribution < -0.4 is 11.1 Å². The molecule has 0 fully saturated rings. The first kappa shape index (κ1) is 14.9. The van der Waals surface area contributed by atoms with E-state index in [9.17, 15) is 9.59 Å². The van der Waals surface area contributed by atoms with Gasteiger partial charge in [-0.2, -0.15) is 0 Å². The summed E-state index contributed by atoms with van der Waals surface area (Å²) in [6.07, 6.45) is -0.189. The SMILES string of the molecule is CC(C)OC(=O)[C@H](C)NC(=O)[C@@H](N)C(C)C. The highest BCUT2D eigenvalue weighted by atomic mass is 16.5. The smallest absolute Gasteiger partial charge is 0.328 e. The molecular formula is C11H22N2O3. The molecule has 0 radical (unpaired) electrons. The van der Waals surface area contributed by atoms with Crippen molar-refractivity contribution in [2.24, 2.45) is 11.7 Å². The number of amides is 1. The molecule has 0 rings (SSSR count). The first-order valence-corrected chi connectivity index (χ1v) is 5.52. The van der Waals surface area contributed by atoms with Crippen LogP contribution in [0.5, 0.6) is 0 Å². The molecule has 0 aliphatic rings. The summed E-state index contributed by atoms with van der Waals surface area (Å²) in [6, 6.07) is -1.27.